The van der Waals surface area contributed by atoms with Crippen LogP contribution >= 0.6 is 0 Å². The van der Waals surface area contributed by atoms with E-state index < -0.39 is 22.0 Å². The molecule has 1 rings (SSSR count). The summed E-state index contributed by atoms with van der Waals surface area (Å²) in [5, 5.41) is 3.74. The molecule has 20 heavy (non-hydrogen) atoms. The predicted molar refractivity (Wildman–Crippen MR) is 77.9 cm³/mol. The van der Waals surface area contributed by atoms with Crippen LogP contribution in [-0.4, -0.2) is 26.1 Å². The van der Waals surface area contributed by atoms with Crippen molar-refractivity contribution in [1.82, 2.24) is 10.1 Å². The highest BCUT2D eigenvalue weighted by atomic mass is 32.2. The van der Waals surface area contributed by atoms with Crippen LogP contribution < -0.4 is 10.1 Å². The number of sulfonamides is 1. The average molecular weight is 297 g/mol. The van der Waals surface area contributed by atoms with Crippen LogP contribution in [0.2, 0.25) is 0 Å². The Labute approximate surface area is 119 Å². The van der Waals surface area contributed by atoms with Crippen LogP contribution in [-0.2, 0) is 14.8 Å². The van der Waals surface area contributed by atoms with E-state index in [1.165, 1.54) is 19.1 Å². The van der Waals surface area contributed by atoms with E-state index in [1.807, 2.05) is 6.92 Å². The molecule has 0 saturated carbocycles. The molecule has 2 N–H and O–H groups in total. The minimum atomic E-state index is -3.72. The Morgan fingerprint density at radius 1 is 1.20 bits per heavy atom. The van der Waals surface area contributed by atoms with Gasteiger partial charge in [0.15, 0.2) is 0 Å². The number of hydrogen-bond donors (Lipinski definition) is 2. The highest BCUT2D eigenvalue weighted by Gasteiger charge is 2.21. The smallest absolute Gasteiger partial charge is 0.257 e. The second kappa shape index (κ2) is 6.62. The fourth-order valence-corrected chi connectivity index (χ4v) is 2.54. The number of nitrogens with one attached hydrogen (secondary N) is 2. The van der Waals surface area contributed by atoms with Gasteiger partial charge in [-0.1, -0.05) is 17.7 Å². The first-order valence-corrected chi connectivity index (χ1v) is 7.60. The Bertz CT molecular complexity index is 602. The van der Waals surface area contributed by atoms with Gasteiger partial charge in [-0.25, -0.2) is 13.8 Å². The topological polar surface area (TPSA) is 87.6 Å². The second-order valence-electron chi connectivity index (χ2n) is 4.69. The third-order valence-electron chi connectivity index (χ3n) is 2.45. The molecule has 0 aliphatic rings. The van der Waals surface area contributed by atoms with E-state index in [4.69, 9.17) is 0 Å². The van der Waals surface area contributed by atoms with E-state index in [0.717, 1.165) is 5.56 Å². The van der Waals surface area contributed by atoms with Crippen molar-refractivity contribution in [2.24, 2.45) is 5.10 Å². The largest absolute Gasteiger partial charge is 0.271 e. The number of nitrogens with zero attached hydrogens (tertiary/aromatic N) is 1. The molecule has 1 aromatic carbocycles. The van der Waals surface area contributed by atoms with Crippen LogP contribution in [0.5, 0.6) is 0 Å². The lowest BCUT2D eigenvalue weighted by Gasteiger charge is -2.13. The molecule has 0 aromatic heterocycles. The van der Waals surface area contributed by atoms with E-state index in [2.05, 4.69) is 15.2 Å². The van der Waals surface area contributed by atoms with Gasteiger partial charge in [-0.05, 0) is 39.8 Å². The lowest BCUT2D eigenvalue weighted by molar-refractivity contribution is -0.122. The van der Waals surface area contributed by atoms with Gasteiger partial charge in [0, 0.05) is 5.71 Å². The fraction of sp³-hybridized carbons (Fsp3) is 0.385. The minimum absolute atomic E-state index is 0.123. The molecule has 0 spiro atoms. The molecule has 0 saturated heterocycles. The highest BCUT2D eigenvalue weighted by Crippen LogP contribution is 2.10. The number of rotatable bonds is 5. The summed E-state index contributed by atoms with van der Waals surface area (Å²) >= 11 is 0. The van der Waals surface area contributed by atoms with Gasteiger partial charge < -0.3 is 0 Å². The Morgan fingerprint density at radius 3 is 2.25 bits per heavy atom. The van der Waals surface area contributed by atoms with Crippen molar-refractivity contribution >= 4 is 21.6 Å². The number of carbonyl (C=O) groups is 1. The van der Waals surface area contributed by atoms with Crippen LogP contribution in [0.4, 0.5) is 0 Å². The van der Waals surface area contributed by atoms with E-state index in [0.29, 0.717) is 5.71 Å². The summed E-state index contributed by atoms with van der Waals surface area (Å²) in [6, 6.07) is 5.48. The molecule has 1 atom stereocenters. The summed E-state index contributed by atoms with van der Waals surface area (Å²) in [6.45, 7) is 6.77. The SMILES string of the molecule is CC(C)=NNC(=O)C(C)NS(=O)(=O)c1ccc(C)cc1. The first-order valence-electron chi connectivity index (χ1n) is 6.12. The standard InChI is InChI=1S/C13H19N3O3S/c1-9(2)14-15-13(17)11(4)16-20(18,19)12-7-5-10(3)6-8-12/h5-8,11,16H,1-4H3,(H,15,17). The van der Waals surface area contributed by atoms with Crippen molar-refractivity contribution in [2.45, 2.75) is 38.6 Å². The molecule has 0 aliphatic carbocycles. The Morgan fingerprint density at radius 2 is 1.75 bits per heavy atom. The van der Waals surface area contributed by atoms with Gasteiger partial charge in [0.05, 0.1) is 10.9 Å². The molecule has 0 bridgehead atoms. The maximum Gasteiger partial charge on any atom is 0.257 e. The zero-order valence-corrected chi connectivity index (χ0v) is 12.8. The van der Waals surface area contributed by atoms with Crippen LogP contribution in [0.1, 0.15) is 26.3 Å². The van der Waals surface area contributed by atoms with Crippen LogP contribution in [0.25, 0.3) is 0 Å². The molecule has 7 heteroatoms. The van der Waals surface area contributed by atoms with Crippen molar-refractivity contribution in [3.05, 3.63) is 29.8 Å². The molecule has 0 heterocycles. The molecule has 1 aromatic rings. The lowest BCUT2D eigenvalue weighted by atomic mass is 10.2. The maximum absolute atomic E-state index is 12.1. The zero-order chi connectivity index (χ0) is 15.3. The summed E-state index contributed by atoms with van der Waals surface area (Å²) in [5.74, 6) is -0.512. The molecule has 0 fully saturated rings. The first-order chi connectivity index (χ1) is 9.22. The first kappa shape index (κ1) is 16.3. The number of aryl methyl sites for hydroxylation is 1. The van der Waals surface area contributed by atoms with Crippen LogP contribution in [0.15, 0.2) is 34.3 Å². The van der Waals surface area contributed by atoms with Gasteiger partial charge in [0.1, 0.15) is 0 Å². The molecule has 1 unspecified atom stereocenters. The van der Waals surface area contributed by atoms with Crippen molar-refractivity contribution in [1.29, 1.82) is 0 Å². The number of carbonyl (C=O) groups excluding carboxylic acids is 1. The van der Waals surface area contributed by atoms with E-state index in [1.54, 1.807) is 26.0 Å². The quantitative estimate of drug-likeness (QED) is 0.632. The Kier molecular flexibility index (Phi) is 5.41. The van der Waals surface area contributed by atoms with Gasteiger partial charge >= 0.3 is 0 Å². The van der Waals surface area contributed by atoms with Crippen molar-refractivity contribution in [3.63, 3.8) is 0 Å². The average Bonchev–Trinajstić information content (AvgIpc) is 2.35. The van der Waals surface area contributed by atoms with Gasteiger partial charge in [-0.3, -0.25) is 4.79 Å². The Balaban J connectivity index is 2.78. The molecule has 0 radical (unpaired) electrons. The molecule has 1 amide bonds. The van der Waals surface area contributed by atoms with Crippen molar-refractivity contribution < 1.29 is 13.2 Å². The third-order valence-corrected chi connectivity index (χ3v) is 4.00. The normalized spacial score (nSPS) is 12.6. The second-order valence-corrected chi connectivity index (χ2v) is 6.41. The number of hydrazone groups is 1. The van der Waals surface area contributed by atoms with E-state index >= 15 is 0 Å². The molecular formula is C13H19N3O3S. The highest BCUT2D eigenvalue weighted by molar-refractivity contribution is 7.89. The molecule has 0 aliphatic heterocycles. The summed E-state index contributed by atoms with van der Waals surface area (Å²) in [5.41, 5.74) is 3.92. The van der Waals surface area contributed by atoms with Crippen molar-refractivity contribution in [2.75, 3.05) is 0 Å². The molecular weight excluding hydrogens is 278 g/mol. The number of hydrogen-bond acceptors (Lipinski definition) is 4. The number of benzene rings is 1. The summed E-state index contributed by atoms with van der Waals surface area (Å²) < 4.78 is 26.4. The molecule has 6 nitrogen and oxygen atoms in total. The van der Waals surface area contributed by atoms with Gasteiger partial charge in [-0.15, -0.1) is 0 Å². The zero-order valence-electron chi connectivity index (χ0n) is 12.0. The maximum atomic E-state index is 12.1. The van der Waals surface area contributed by atoms with Crippen LogP contribution in [0, 0.1) is 6.92 Å². The van der Waals surface area contributed by atoms with Gasteiger partial charge in [0.25, 0.3) is 5.91 Å². The monoisotopic (exact) mass is 297 g/mol. The van der Waals surface area contributed by atoms with E-state index in [9.17, 15) is 13.2 Å². The summed E-state index contributed by atoms with van der Waals surface area (Å²) in [7, 11) is -3.72. The Hall–Kier alpha value is -1.73. The third kappa shape index (κ3) is 4.75. The number of amides is 1. The molecule has 110 valence electrons. The van der Waals surface area contributed by atoms with E-state index in [-0.39, 0.29) is 4.90 Å². The van der Waals surface area contributed by atoms with Gasteiger partial charge in [0.2, 0.25) is 10.0 Å². The predicted octanol–water partition coefficient (Wildman–Crippen LogP) is 1.17. The van der Waals surface area contributed by atoms with Crippen LogP contribution in [0.3, 0.4) is 0 Å². The summed E-state index contributed by atoms with van der Waals surface area (Å²) in [6.07, 6.45) is 0. The lowest BCUT2D eigenvalue weighted by Crippen LogP contribution is -2.43. The summed E-state index contributed by atoms with van der Waals surface area (Å²) in [4.78, 5) is 11.8. The van der Waals surface area contributed by atoms with Gasteiger partial charge in [-0.2, -0.15) is 9.82 Å². The fourth-order valence-electron chi connectivity index (χ4n) is 1.34. The van der Waals surface area contributed by atoms with Crippen molar-refractivity contribution in [3.8, 4) is 0 Å². The minimum Gasteiger partial charge on any atom is -0.271 e.